The fourth-order valence-corrected chi connectivity index (χ4v) is 4.91. The van der Waals surface area contributed by atoms with Gasteiger partial charge in [0.1, 0.15) is 11.4 Å². The molecular formula is C32H40N4O2. The Morgan fingerprint density at radius 3 is 2.50 bits per heavy atom. The fraction of sp³-hybridized carbons (Fsp3) is 0.406. The molecule has 6 nitrogen and oxygen atoms in total. The van der Waals surface area contributed by atoms with Gasteiger partial charge in [0.25, 0.3) is 0 Å². The van der Waals surface area contributed by atoms with E-state index in [-0.39, 0.29) is 5.41 Å². The number of aryl methyl sites for hydroxylation is 1. The lowest BCUT2D eigenvalue weighted by Crippen LogP contribution is -2.13. The molecule has 0 fully saturated rings. The molecule has 1 aliphatic carbocycles. The summed E-state index contributed by atoms with van der Waals surface area (Å²) in [7, 11) is 3.39. The molecule has 0 saturated carbocycles. The minimum absolute atomic E-state index is 0.0362. The van der Waals surface area contributed by atoms with Gasteiger partial charge in [0.15, 0.2) is 0 Å². The zero-order valence-electron chi connectivity index (χ0n) is 24.1. The molecule has 0 saturated heterocycles. The third-order valence-electron chi connectivity index (χ3n) is 7.00. The van der Waals surface area contributed by atoms with Gasteiger partial charge in [-0.05, 0) is 85.9 Å². The molecule has 2 heterocycles. The van der Waals surface area contributed by atoms with Gasteiger partial charge in [-0.15, -0.1) is 0 Å². The first-order valence-corrected chi connectivity index (χ1v) is 13.4. The first-order valence-electron chi connectivity index (χ1n) is 13.4. The molecule has 38 heavy (non-hydrogen) atoms. The van der Waals surface area contributed by atoms with E-state index in [0.29, 0.717) is 5.88 Å². The molecule has 0 bridgehead atoms. The number of rotatable bonds is 7. The maximum absolute atomic E-state index is 5.71. The number of allylic oxidation sites excluding steroid dienone is 3. The number of methoxy groups -OCH3 is 2. The summed E-state index contributed by atoms with van der Waals surface area (Å²) in [6, 6.07) is 10.6. The molecule has 0 spiro atoms. The number of hydrogen-bond donors (Lipinski definition) is 0. The van der Waals surface area contributed by atoms with Crippen LogP contribution in [0.1, 0.15) is 82.8 Å². The van der Waals surface area contributed by atoms with Crippen molar-refractivity contribution in [1.29, 1.82) is 0 Å². The largest absolute Gasteiger partial charge is 0.496 e. The molecule has 200 valence electrons. The lowest BCUT2D eigenvalue weighted by Gasteiger charge is -2.24. The van der Waals surface area contributed by atoms with Gasteiger partial charge < -0.3 is 14.0 Å². The molecular weight excluding hydrogens is 472 g/mol. The Labute approximate surface area is 227 Å². The smallest absolute Gasteiger partial charge is 0.238 e. The highest BCUT2D eigenvalue weighted by atomic mass is 16.5. The average Bonchev–Trinajstić information content (AvgIpc) is 3.25. The molecule has 0 N–H and O–H groups in total. The summed E-state index contributed by atoms with van der Waals surface area (Å²) in [5.41, 5.74) is 9.43. The van der Waals surface area contributed by atoms with Crippen LogP contribution < -0.4 is 9.47 Å². The van der Waals surface area contributed by atoms with Gasteiger partial charge in [-0.3, -0.25) is 4.99 Å². The Morgan fingerprint density at radius 2 is 1.87 bits per heavy atom. The second-order valence-electron chi connectivity index (χ2n) is 10.8. The van der Waals surface area contributed by atoms with E-state index in [1.165, 1.54) is 22.3 Å². The number of aliphatic imine (C=N–C) groups is 1. The molecule has 0 unspecified atom stereocenters. The molecule has 1 aliphatic rings. The van der Waals surface area contributed by atoms with Crippen LogP contribution in [0.25, 0.3) is 11.3 Å². The van der Waals surface area contributed by atoms with Crippen molar-refractivity contribution in [2.75, 3.05) is 14.2 Å². The van der Waals surface area contributed by atoms with Gasteiger partial charge in [0.05, 0.1) is 43.3 Å². The topological polar surface area (TPSA) is 61.5 Å². The molecule has 0 radical (unpaired) electrons. The van der Waals surface area contributed by atoms with Crippen molar-refractivity contribution in [1.82, 2.24) is 14.5 Å². The first-order chi connectivity index (χ1) is 18.2. The van der Waals surface area contributed by atoms with Crippen LogP contribution in [-0.2, 0) is 5.41 Å². The molecule has 0 aliphatic heterocycles. The van der Waals surface area contributed by atoms with Crippen molar-refractivity contribution < 1.29 is 9.47 Å². The van der Waals surface area contributed by atoms with E-state index in [2.05, 4.69) is 63.9 Å². The second-order valence-corrected chi connectivity index (χ2v) is 10.8. The van der Waals surface area contributed by atoms with Crippen LogP contribution in [0.2, 0.25) is 0 Å². The molecule has 4 rings (SSSR count). The highest BCUT2D eigenvalue weighted by Gasteiger charge is 2.22. The number of ether oxygens (including phenoxy) is 2. The SMILES string of the molecule is CCC(=NC1=C(c2ccc(OC)c(C(C)(C)C)c2)CCCC=C1C)c1ccc(-n2cnc(C)c2)c(OC)n1. The van der Waals surface area contributed by atoms with Gasteiger partial charge in [-0.2, -0.15) is 0 Å². The molecule has 6 heteroatoms. The van der Waals surface area contributed by atoms with E-state index in [0.717, 1.165) is 59.9 Å². The predicted octanol–water partition coefficient (Wildman–Crippen LogP) is 7.63. The highest BCUT2D eigenvalue weighted by Crippen LogP contribution is 2.38. The molecule has 2 aromatic heterocycles. The average molecular weight is 513 g/mol. The van der Waals surface area contributed by atoms with E-state index in [9.17, 15) is 0 Å². The fourth-order valence-electron chi connectivity index (χ4n) is 4.91. The number of pyridine rings is 1. The predicted molar refractivity (Wildman–Crippen MR) is 156 cm³/mol. The maximum atomic E-state index is 5.71. The van der Waals surface area contributed by atoms with Crippen LogP contribution in [0.15, 0.2) is 65.2 Å². The summed E-state index contributed by atoms with van der Waals surface area (Å²) in [5.74, 6) is 1.47. The van der Waals surface area contributed by atoms with Crippen molar-refractivity contribution in [3.63, 3.8) is 0 Å². The van der Waals surface area contributed by atoms with Gasteiger partial charge in [0.2, 0.25) is 5.88 Å². The number of hydrogen-bond acceptors (Lipinski definition) is 5. The summed E-state index contributed by atoms with van der Waals surface area (Å²) < 4.78 is 13.3. The summed E-state index contributed by atoms with van der Waals surface area (Å²) >= 11 is 0. The Balaban J connectivity index is 1.85. The zero-order chi connectivity index (χ0) is 27.4. The number of nitrogens with zero attached hydrogens (tertiary/aromatic N) is 4. The number of benzene rings is 1. The van der Waals surface area contributed by atoms with Gasteiger partial charge in [-0.1, -0.05) is 39.8 Å². The quantitative estimate of drug-likeness (QED) is 0.305. The van der Waals surface area contributed by atoms with Crippen LogP contribution in [0.3, 0.4) is 0 Å². The van der Waals surface area contributed by atoms with Crippen molar-refractivity contribution in [3.8, 4) is 17.3 Å². The monoisotopic (exact) mass is 512 g/mol. The molecule has 0 atom stereocenters. The van der Waals surface area contributed by atoms with Crippen molar-refractivity contribution in [2.45, 2.75) is 72.6 Å². The van der Waals surface area contributed by atoms with Gasteiger partial charge in [-0.25, -0.2) is 9.97 Å². The summed E-state index contributed by atoms with van der Waals surface area (Å²) in [6.45, 7) is 12.9. The van der Waals surface area contributed by atoms with E-state index in [4.69, 9.17) is 19.5 Å². The minimum Gasteiger partial charge on any atom is -0.496 e. The van der Waals surface area contributed by atoms with Gasteiger partial charge >= 0.3 is 0 Å². The Morgan fingerprint density at radius 1 is 1.08 bits per heavy atom. The Hall–Kier alpha value is -3.67. The normalized spacial score (nSPS) is 14.8. The highest BCUT2D eigenvalue weighted by molar-refractivity contribution is 6.00. The maximum Gasteiger partial charge on any atom is 0.238 e. The third kappa shape index (κ3) is 5.74. The van der Waals surface area contributed by atoms with Crippen LogP contribution >= 0.6 is 0 Å². The van der Waals surface area contributed by atoms with E-state index in [1.807, 2.05) is 29.8 Å². The van der Waals surface area contributed by atoms with Crippen molar-refractivity contribution in [2.24, 2.45) is 4.99 Å². The van der Waals surface area contributed by atoms with E-state index >= 15 is 0 Å². The van der Waals surface area contributed by atoms with Crippen LogP contribution in [0.4, 0.5) is 0 Å². The summed E-state index contributed by atoms with van der Waals surface area (Å²) in [5, 5.41) is 0. The summed E-state index contributed by atoms with van der Waals surface area (Å²) in [4.78, 5) is 14.5. The minimum atomic E-state index is -0.0362. The summed E-state index contributed by atoms with van der Waals surface area (Å²) in [6.07, 6.45) is 9.91. The van der Waals surface area contributed by atoms with Crippen molar-refractivity contribution >= 4 is 11.3 Å². The van der Waals surface area contributed by atoms with Crippen LogP contribution in [0, 0.1) is 6.92 Å². The Bertz CT molecular complexity index is 1400. The molecule has 0 amide bonds. The number of imidazole rings is 1. The molecule has 1 aromatic carbocycles. The van der Waals surface area contributed by atoms with Crippen molar-refractivity contribution in [3.05, 3.63) is 82.7 Å². The zero-order valence-corrected chi connectivity index (χ0v) is 24.1. The second kappa shape index (κ2) is 11.4. The number of aromatic nitrogens is 3. The third-order valence-corrected chi connectivity index (χ3v) is 7.00. The lowest BCUT2D eigenvalue weighted by molar-refractivity contribution is 0.395. The van der Waals surface area contributed by atoms with E-state index < -0.39 is 0 Å². The standard InChI is InChI=1S/C32H40N4O2/c1-9-26(27-15-16-28(31(35-27)38-8)36-19-22(3)33-20-36)34-30-21(2)12-10-11-13-24(30)23-14-17-29(37-7)25(18-23)32(4,5)6/h12,14-20H,9-11,13H2,1-8H3. The van der Waals surface area contributed by atoms with Crippen LogP contribution in [0.5, 0.6) is 11.6 Å². The lowest BCUT2D eigenvalue weighted by atomic mass is 9.84. The first kappa shape index (κ1) is 27.4. The van der Waals surface area contributed by atoms with E-state index in [1.54, 1.807) is 20.5 Å². The van der Waals surface area contributed by atoms with Gasteiger partial charge in [0, 0.05) is 11.8 Å². The molecule has 3 aromatic rings. The van der Waals surface area contributed by atoms with Crippen LogP contribution in [-0.4, -0.2) is 34.5 Å². The Kier molecular flexibility index (Phi) is 8.20.